The van der Waals surface area contributed by atoms with Crippen LogP contribution in [0.2, 0.25) is 0 Å². The fourth-order valence-corrected chi connectivity index (χ4v) is 6.42. The Morgan fingerprint density at radius 2 is 1.75 bits per heavy atom. The SMILES string of the molecule is C=CC1CC1(NC(=O)[C@@H]1C[C@@H](Oc2cc(-c3ccccc3)nc3cc(OC)ccc23)CN1C(=O)NCCOc1ccccc1OC)C(=O)OCC. The number of methoxy groups -OCH3 is 2. The molecule has 3 amide bonds. The summed E-state index contributed by atoms with van der Waals surface area (Å²) in [5, 5.41) is 6.53. The molecule has 1 saturated carbocycles. The summed E-state index contributed by atoms with van der Waals surface area (Å²) in [5.41, 5.74) is 1.05. The van der Waals surface area contributed by atoms with Gasteiger partial charge in [-0.25, -0.2) is 14.6 Å². The number of hydrogen-bond donors (Lipinski definition) is 2. The number of aromatic nitrogens is 1. The maximum absolute atomic E-state index is 14.0. The van der Waals surface area contributed by atoms with E-state index in [0.717, 1.165) is 10.9 Å². The second-order valence-corrected chi connectivity index (χ2v) is 12.4. The highest BCUT2D eigenvalue weighted by atomic mass is 16.5. The summed E-state index contributed by atoms with van der Waals surface area (Å²) in [6, 6.07) is 23.0. The van der Waals surface area contributed by atoms with Gasteiger partial charge in [-0.05, 0) is 37.6 Å². The van der Waals surface area contributed by atoms with Crippen LogP contribution in [-0.2, 0) is 14.3 Å². The lowest BCUT2D eigenvalue weighted by Crippen LogP contribution is -2.55. The molecule has 1 aliphatic carbocycles. The average molecular weight is 695 g/mol. The molecule has 51 heavy (non-hydrogen) atoms. The van der Waals surface area contributed by atoms with E-state index in [1.807, 2.05) is 66.7 Å². The van der Waals surface area contributed by atoms with E-state index >= 15 is 0 Å². The number of fused-ring (bicyclic) bond motifs is 1. The van der Waals surface area contributed by atoms with E-state index in [0.29, 0.717) is 40.6 Å². The predicted octanol–water partition coefficient (Wildman–Crippen LogP) is 5.15. The Morgan fingerprint density at radius 3 is 2.45 bits per heavy atom. The first kappa shape index (κ1) is 35.1. The molecule has 2 N–H and O–H groups in total. The normalized spacial score (nSPS) is 20.6. The third-order valence-electron chi connectivity index (χ3n) is 9.16. The summed E-state index contributed by atoms with van der Waals surface area (Å²) in [6.45, 7) is 6.13. The number of carbonyl (C=O) groups is 3. The van der Waals surface area contributed by atoms with Crippen molar-refractivity contribution >= 4 is 28.8 Å². The van der Waals surface area contributed by atoms with Crippen molar-refractivity contribution in [1.82, 2.24) is 20.5 Å². The fraction of sp³-hybridized carbons (Fsp3) is 0.333. The van der Waals surface area contributed by atoms with Crippen molar-refractivity contribution in [1.29, 1.82) is 0 Å². The lowest BCUT2D eigenvalue weighted by molar-refractivity contribution is -0.149. The van der Waals surface area contributed by atoms with Gasteiger partial charge >= 0.3 is 12.0 Å². The molecule has 2 aliphatic rings. The van der Waals surface area contributed by atoms with Crippen molar-refractivity contribution < 1.29 is 38.1 Å². The molecule has 12 heteroatoms. The zero-order valence-corrected chi connectivity index (χ0v) is 28.9. The van der Waals surface area contributed by atoms with Gasteiger partial charge < -0.3 is 39.2 Å². The van der Waals surface area contributed by atoms with E-state index in [4.69, 9.17) is 28.7 Å². The highest BCUT2D eigenvalue weighted by Crippen LogP contribution is 2.46. The van der Waals surface area contributed by atoms with Gasteiger partial charge in [0.1, 0.15) is 35.8 Å². The van der Waals surface area contributed by atoms with Crippen molar-refractivity contribution in [3.63, 3.8) is 0 Å². The minimum atomic E-state index is -1.22. The van der Waals surface area contributed by atoms with Crippen molar-refractivity contribution in [2.24, 2.45) is 5.92 Å². The number of urea groups is 1. The highest BCUT2D eigenvalue weighted by Gasteiger charge is 2.62. The zero-order valence-electron chi connectivity index (χ0n) is 28.9. The number of nitrogens with one attached hydrogen (secondary N) is 2. The number of benzene rings is 3. The smallest absolute Gasteiger partial charge is 0.332 e. The molecule has 0 spiro atoms. The monoisotopic (exact) mass is 694 g/mol. The molecule has 2 fully saturated rings. The van der Waals surface area contributed by atoms with Crippen LogP contribution in [0.4, 0.5) is 4.79 Å². The van der Waals surface area contributed by atoms with Crippen molar-refractivity contribution in [2.45, 2.75) is 37.5 Å². The van der Waals surface area contributed by atoms with Gasteiger partial charge in [0, 0.05) is 35.4 Å². The Balaban J connectivity index is 1.24. The first-order valence-electron chi connectivity index (χ1n) is 16.9. The molecule has 2 heterocycles. The summed E-state index contributed by atoms with van der Waals surface area (Å²) in [7, 11) is 3.15. The van der Waals surface area contributed by atoms with Crippen LogP contribution in [0.1, 0.15) is 19.8 Å². The van der Waals surface area contributed by atoms with E-state index in [1.54, 1.807) is 39.4 Å². The van der Waals surface area contributed by atoms with Gasteiger partial charge in [0.05, 0.1) is 45.1 Å². The molecule has 6 rings (SSSR count). The van der Waals surface area contributed by atoms with Crippen LogP contribution in [0.5, 0.6) is 23.0 Å². The number of pyridine rings is 1. The lowest BCUT2D eigenvalue weighted by Gasteiger charge is -2.26. The van der Waals surface area contributed by atoms with Gasteiger partial charge in [-0.15, -0.1) is 6.58 Å². The molecule has 4 atom stereocenters. The molecular formula is C39H42N4O8. The van der Waals surface area contributed by atoms with E-state index < -0.39 is 35.6 Å². The van der Waals surface area contributed by atoms with Crippen LogP contribution < -0.4 is 29.6 Å². The number of amides is 3. The minimum Gasteiger partial charge on any atom is -0.497 e. The number of esters is 1. The number of ether oxygens (including phenoxy) is 5. The second-order valence-electron chi connectivity index (χ2n) is 12.4. The molecule has 0 bridgehead atoms. The van der Waals surface area contributed by atoms with Crippen LogP contribution in [-0.4, -0.2) is 86.0 Å². The molecule has 2 unspecified atom stereocenters. The van der Waals surface area contributed by atoms with E-state index in [1.165, 1.54) is 4.90 Å². The summed E-state index contributed by atoms with van der Waals surface area (Å²) >= 11 is 0. The quantitative estimate of drug-likeness (QED) is 0.104. The molecule has 1 aromatic heterocycles. The van der Waals surface area contributed by atoms with Crippen LogP contribution in [0.3, 0.4) is 0 Å². The van der Waals surface area contributed by atoms with E-state index in [2.05, 4.69) is 17.2 Å². The molecular weight excluding hydrogens is 652 g/mol. The Hall–Kier alpha value is -5.78. The van der Waals surface area contributed by atoms with Crippen LogP contribution in [0.25, 0.3) is 22.2 Å². The Morgan fingerprint density at radius 1 is 0.980 bits per heavy atom. The van der Waals surface area contributed by atoms with Gasteiger partial charge in [0.15, 0.2) is 11.5 Å². The number of nitrogens with zero attached hydrogens (tertiary/aromatic N) is 2. The first-order chi connectivity index (χ1) is 24.8. The van der Waals surface area contributed by atoms with Crippen LogP contribution in [0, 0.1) is 5.92 Å². The van der Waals surface area contributed by atoms with Gasteiger partial charge in [0.25, 0.3) is 0 Å². The number of rotatable bonds is 14. The second kappa shape index (κ2) is 15.4. The number of likely N-dealkylation sites (tertiary alicyclic amines) is 1. The molecule has 4 aromatic rings. The fourth-order valence-electron chi connectivity index (χ4n) is 6.42. The largest absolute Gasteiger partial charge is 0.497 e. The maximum Gasteiger partial charge on any atom is 0.332 e. The number of para-hydroxylation sites is 2. The minimum absolute atomic E-state index is 0.106. The van der Waals surface area contributed by atoms with Crippen molar-refractivity contribution in [3.8, 4) is 34.3 Å². The van der Waals surface area contributed by atoms with E-state index in [9.17, 15) is 14.4 Å². The summed E-state index contributed by atoms with van der Waals surface area (Å²) in [5.74, 6) is 1.04. The van der Waals surface area contributed by atoms with Gasteiger partial charge in [-0.2, -0.15) is 0 Å². The summed E-state index contributed by atoms with van der Waals surface area (Å²) in [4.78, 5) is 47.0. The summed E-state index contributed by atoms with van der Waals surface area (Å²) in [6.07, 6.45) is 1.61. The molecule has 1 aliphatic heterocycles. The highest BCUT2D eigenvalue weighted by molar-refractivity contribution is 5.95. The van der Waals surface area contributed by atoms with Crippen molar-refractivity contribution in [3.05, 3.63) is 91.5 Å². The Kier molecular flexibility index (Phi) is 10.6. The summed E-state index contributed by atoms with van der Waals surface area (Å²) < 4.78 is 28.6. The Labute approximate surface area is 296 Å². The third-order valence-corrected chi connectivity index (χ3v) is 9.16. The molecule has 12 nitrogen and oxygen atoms in total. The molecule has 1 saturated heterocycles. The van der Waals surface area contributed by atoms with Crippen LogP contribution >= 0.6 is 0 Å². The topological polar surface area (TPSA) is 138 Å². The first-order valence-corrected chi connectivity index (χ1v) is 16.9. The van der Waals surface area contributed by atoms with Crippen molar-refractivity contribution in [2.75, 3.05) is 40.5 Å². The predicted molar refractivity (Wildman–Crippen MR) is 191 cm³/mol. The van der Waals surface area contributed by atoms with Crippen LogP contribution in [0.15, 0.2) is 91.5 Å². The lowest BCUT2D eigenvalue weighted by atomic mass is 10.1. The van der Waals surface area contributed by atoms with E-state index in [-0.39, 0.29) is 38.6 Å². The Bertz CT molecular complexity index is 1900. The average Bonchev–Trinajstić information content (AvgIpc) is 3.72. The molecule has 266 valence electrons. The maximum atomic E-state index is 14.0. The standard InChI is InChI=1S/C39H42N4O8/c1-5-26-23-39(26,37(45)49-6-2)42-36(44)32-21-28(24-43(32)38(46)40-18-19-50-34-15-11-10-14-33(34)48-4)51-35-22-30(25-12-8-7-9-13-25)41-31-20-27(47-3)16-17-29(31)35/h5,7-17,20,22,26,28,32H,1,6,18-19,21,23-24H2,2-4H3,(H,40,46)(H,42,44)/t26?,28-,32+,39?/m1/s1. The van der Waals surface area contributed by atoms with Gasteiger partial charge in [-0.3, -0.25) is 4.79 Å². The molecule has 3 aromatic carbocycles. The van der Waals surface area contributed by atoms with Gasteiger partial charge in [0.2, 0.25) is 5.91 Å². The number of hydrogen-bond acceptors (Lipinski definition) is 9. The molecule has 0 radical (unpaired) electrons. The number of carbonyl (C=O) groups excluding carboxylic acids is 3. The zero-order chi connectivity index (χ0) is 36.0. The van der Waals surface area contributed by atoms with Gasteiger partial charge in [-0.1, -0.05) is 48.5 Å². The third kappa shape index (κ3) is 7.54.